The van der Waals surface area contributed by atoms with Crippen molar-refractivity contribution in [2.45, 2.75) is 31.7 Å². The number of nitrogens with zero attached hydrogens (tertiary/aromatic N) is 3. The van der Waals surface area contributed by atoms with Gasteiger partial charge in [0.05, 0.1) is 6.04 Å². The number of hydrogen-bond donors (Lipinski definition) is 0. The first-order valence-corrected chi connectivity index (χ1v) is 7.18. The molecule has 3 rings (SSSR count). The third-order valence-corrected chi connectivity index (χ3v) is 4.39. The lowest BCUT2D eigenvalue weighted by Crippen LogP contribution is -2.55. The van der Waals surface area contributed by atoms with Gasteiger partial charge in [0.25, 0.3) is 0 Å². The summed E-state index contributed by atoms with van der Waals surface area (Å²) in [4.78, 5) is 20.7. The fourth-order valence-corrected chi connectivity index (χ4v) is 3.02. The van der Waals surface area contributed by atoms with E-state index in [2.05, 4.69) is 16.0 Å². The molecule has 2 fully saturated rings. The largest absolute Gasteiger partial charge is 0.341 e. The molecule has 1 amide bonds. The summed E-state index contributed by atoms with van der Waals surface area (Å²) < 4.78 is 0. The Hall–Kier alpha value is -1.42. The molecule has 2 saturated heterocycles. The summed E-state index contributed by atoms with van der Waals surface area (Å²) in [6.07, 6.45) is 6.07. The van der Waals surface area contributed by atoms with E-state index in [4.69, 9.17) is 0 Å². The third-order valence-electron chi connectivity index (χ3n) is 4.39. The lowest BCUT2D eigenvalue weighted by Gasteiger charge is -2.43. The molecule has 0 bridgehead atoms. The average molecular weight is 259 g/mol. The van der Waals surface area contributed by atoms with Crippen molar-refractivity contribution in [1.82, 2.24) is 14.8 Å². The van der Waals surface area contributed by atoms with Gasteiger partial charge in [0.2, 0.25) is 5.91 Å². The van der Waals surface area contributed by atoms with Crippen LogP contribution in [0.5, 0.6) is 0 Å². The first-order chi connectivity index (χ1) is 9.25. The highest BCUT2D eigenvalue weighted by Crippen LogP contribution is 2.28. The molecule has 1 aromatic rings. The van der Waals surface area contributed by atoms with Crippen molar-refractivity contribution in [3.63, 3.8) is 0 Å². The molecule has 0 spiro atoms. The predicted molar refractivity (Wildman–Crippen MR) is 73.8 cm³/mol. The van der Waals surface area contributed by atoms with Gasteiger partial charge in [-0.15, -0.1) is 0 Å². The van der Waals surface area contributed by atoms with Crippen LogP contribution in [-0.2, 0) is 4.79 Å². The third kappa shape index (κ3) is 2.50. The van der Waals surface area contributed by atoms with Gasteiger partial charge in [0.1, 0.15) is 0 Å². The number of hydrogen-bond acceptors (Lipinski definition) is 3. The van der Waals surface area contributed by atoms with Crippen LogP contribution < -0.4 is 0 Å². The second-order valence-electron chi connectivity index (χ2n) is 5.65. The van der Waals surface area contributed by atoms with Crippen LogP contribution in [-0.4, -0.2) is 52.9 Å². The van der Waals surface area contributed by atoms with Crippen molar-refractivity contribution < 1.29 is 4.79 Å². The van der Waals surface area contributed by atoms with Crippen LogP contribution in [0.2, 0.25) is 0 Å². The summed E-state index contributed by atoms with van der Waals surface area (Å²) in [5.41, 5.74) is 1.29. The topological polar surface area (TPSA) is 36.4 Å². The van der Waals surface area contributed by atoms with Crippen molar-refractivity contribution in [1.29, 1.82) is 0 Å². The summed E-state index contributed by atoms with van der Waals surface area (Å²) in [7, 11) is 0. The molecular weight excluding hydrogens is 238 g/mol. The van der Waals surface area contributed by atoms with E-state index in [1.165, 1.54) is 5.56 Å². The van der Waals surface area contributed by atoms with Gasteiger partial charge in [0.15, 0.2) is 0 Å². The lowest BCUT2D eigenvalue weighted by molar-refractivity contribution is -0.137. The molecule has 102 valence electrons. The van der Waals surface area contributed by atoms with Crippen LogP contribution >= 0.6 is 0 Å². The molecule has 4 nitrogen and oxygen atoms in total. The summed E-state index contributed by atoms with van der Waals surface area (Å²) in [5, 5.41) is 0. The molecule has 4 heteroatoms. The zero-order valence-corrected chi connectivity index (χ0v) is 11.5. The zero-order chi connectivity index (χ0) is 13.2. The van der Waals surface area contributed by atoms with Gasteiger partial charge in [-0.1, -0.05) is 6.07 Å². The smallest absolute Gasteiger partial charge is 0.239 e. The number of carbonyl (C=O) groups is 1. The first-order valence-electron chi connectivity index (χ1n) is 7.18. The minimum absolute atomic E-state index is 0.0334. The maximum absolute atomic E-state index is 12.3. The second kappa shape index (κ2) is 5.29. The van der Waals surface area contributed by atoms with Crippen LogP contribution in [0.25, 0.3) is 0 Å². The van der Waals surface area contributed by atoms with E-state index < -0.39 is 0 Å². The van der Waals surface area contributed by atoms with Gasteiger partial charge in [-0.3, -0.25) is 14.7 Å². The first kappa shape index (κ1) is 12.6. The monoisotopic (exact) mass is 259 g/mol. The lowest BCUT2D eigenvalue weighted by atomic mass is 9.91. The molecule has 2 aliphatic rings. The Balaban J connectivity index is 1.54. The zero-order valence-electron chi connectivity index (χ0n) is 11.5. The Morgan fingerprint density at radius 1 is 1.37 bits per heavy atom. The fraction of sp³-hybridized carbons (Fsp3) is 0.600. The second-order valence-corrected chi connectivity index (χ2v) is 5.65. The highest BCUT2D eigenvalue weighted by molar-refractivity contribution is 5.81. The maximum atomic E-state index is 12.3. The molecule has 0 N–H and O–H groups in total. The van der Waals surface area contributed by atoms with E-state index in [1.807, 2.05) is 24.1 Å². The van der Waals surface area contributed by atoms with Gasteiger partial charge in [-0.25, -0.2) is 0 Å². The SMILES string of the molecule is CC(C(=O)N1CCCC1)N1CC(c2cccnc2)C1. The number of carbonyl (C=O) groups excluding carboxylic acids is 1. The summed E-state index contributed by atoms with van der Waals surface area (Å²) in [6, 6.07) is 4.14. The Kier molecular flexibility index (Phi) is 3.51. The number of likely N-dealkylation sites (tertiary alicyclic amines) is 2. The van der Waals surface area contributed by atoms with Gasteiger partial charge in [-0.2, -0.15) is 0 Å². The molecule has 3 heterocycles. The van der Waals surface area contributed by atoms with Crippen molar-refractivity contribution >= 4 is 5.91 Å². The van der Waals surface area contributed by atoms with Gasteiger partial charge < -0.3 is 4.90 Å². The molecule has 19 heavy (non-hydrogen) atoms. The van der Waals surface area contributed by atoms with Crippen molar-refractivity contribution in [2.75, 3.05) is 26.2 Å². The fourth-order valence-electron chi connectivity index (χ4n) is 3.02. The quantitative estimate of drug-likeness (QED) is 0.825. The minimum atomic E-state index is 0.0334. The summed E-state index contributed by atoms with van der Waals surface area (Å²) >= 11 is 0. The number of rotatable bonds is 3. The van der Waals surface area contributed by atoms with E-state index in [-0.39, 0.29) is 6.04 Å². The number of amides is 1. The van der Waals surface area contributed by atoms with Gasteiger partial charge in [-0.05, 0) is 31.4 Å². The van der Waals surface area contributed by atoms with Gasteiger partial charge >= 0.3 is 0 Å². The van der Waals surface area contributed by atoms with E-state index >= 15 is 0 Å². The number of aromatic nitrogens is 1. The Morgan fingerprint density at radius 3 is 2.74 bits per heavy atom. The van der Waals surface area contributed by atoms with Crippen molar-refractivity contribution in [2.24, 2.45) is 0 Å². The van der Waals surface area contributed by atoms with Crippen LogP contribution in [0.4, 0.5) is 0 Å². The van der Waals surface area contributed by atoms with Crippen LogP contribution in [0.1, 0.15) is 31.2 Å². The number of pyridine rings is 1. The Morgan fingerprint density at radius 2 is 2.11 bits per heavy atom. The van der Waals surface area contributed by atoms with E-state index in [0.29, 0.717) is 11.8 Å². The van der Waals surface area contributed by atoms with E-state index in [9.17, 15) is 4.79 Å². The predicted octanol–water partition coefficient (Wildman–Crippen LogP) is 1.49. The molecule has 0 aromatic carbocycles. The molecule has 0 saturated carbocycles. The van der Waals surface area contributed by atoms with Crippen LogP contribution in [0, 0.1) is 0 Å². The molecule has 1 unspecified atom stereocenters. The molecular formula is C15H21N3O. The summed E-state index contributed by atoms with van der Waals surface area (Å²) in [6.45, 7) is 5.89. The molecule has 0 aliphatic carbocycles. The van der Waals surface area contributed by atoms with Crippen molar-refractivity contribution in [3.05, 3.63) is 30.1 Å². The van der Waals surface area contributed by atoms with Crippen molar-refractivity contribution in [3.8, 4) is 0 Å². The molecule has 2 aliphatic heterocycles. The van der Waals surface area contributed by atoms with E-state index in [0.717, 1.165) is 39.0 Å². The highest BCUT2D eigenvalue weighted by Gasteiger charge is 2.36. The standard InChI is InChI=1S/C15H21N3O/c1-12(15(19)17-7-2-3-8-17)18-10-14(11-18)13-5-4-6-16-9-13/h4-6,9,12,14H,2-3,7-8,10-11H2,1H3. The van der Waals surface area contributed by atoms with Gasteiger partial charge in [0, 0.05) is 44.5 Å². The Labute approximate surface area is 114 Å². The Bertz CT molecular complexity index is 436. The molecule has 1 aromatic heterocycles. The van der Waals surface area contributed by atoms with Crippen LogP contribution in [0.15, 0.2) is 24.5 Å². The maximum Gasteiger partial charge on any atom is 0.239 e. The highest BCUT2D eigenvalue weighted by atomic mass is 16.2. The molecule has 1 atom stereocenters. The summed E-state index contributed by atoms with van der Waals surface area (Å²) in [5.74, 6) is 0.852. The molecule has 0 radical (unpaired) electrons. The normalized spacial score (nSPS) is 22.3. The van der Waals surface area contributed by atoms with E-state index in [1.54, 1.807) is 6.20 Å². The average Bonchev–Trinajstić information content (AvgIpc) is 2.91. The van der Waals surface area contributed by atoms with Crippen LogP contribution in [0.3, 0.4) is 0 Å². The minimum Gasteiger partial charge on any atom is -0.341 e.